The Hall–Kier alpha value is -0.440. The highest BCUT2D eigenvalue weighted by atomic mass is 16.5. The molecule has 11 heteroatoms. The Labute approximate surface area is 554 Å². The van der Waals surface area contributed by atoms with Gasteiger partial charge in [0.05, 0.1) is 30.5 Å². The minimum atomic E-state index is 0.358. The molecule has 0 spiro atoms. The van der Waals surface area contributed by atoms with Gasteiger partial charge in [-0.3, -0.25) is 0 Å². The van der Waals surface area contributed by atoms with E-state index >= 15 is 0 Å². The Balaban J connectivity index is 0. The number of hydrogen-bond acceptors (Lipinski definition) is 11. The fourth-order valence-corrected chi connectivity index (χ4v) is 14.6. The van der Waals surface area contributed by atoms with Crippen molar-refractivity contribution in [2.24, 2.45) is 34.0 Å². The molecule has 8 fully saturated rings. The van der Waals surface area contributed by atoms with Gasteiger partial charge in [-0.1, -0.05) is 139 Å². The molecule has 0 radical (unpaired) electrons. The average Bonchev–Trinajstić information content (AvgIpc) is 1.62. The quantitative estimate of drug-likeness (QED) is 0.210. The molecule has 0 aromatic carbocycles. The molecule has 11 nitrogen and oxygen atoms in total. The average molecular weight is 1250 g/mol. The summed E-state index contributed by atoms with van der Waals surface area (Å²) in [6, 6.07) is 3.88. The number of ether oxygens (including phenoxy) is 5. The molecule has 8 aliphatic rings. The Morgan fingerprint density at radius 2 is 0.761 bits per heavy atom. The van der Waals surface area contributed by atoms with Crippen molar-refractivity contribution in [3.63, 3.8) is 0 Å². The summed E-state index contributed by atoms with van der Waals surface area (Å²) in [5.74, 6) is 2.34. The summed E-state index contributed by atoms with van der Waals surface area (Å²) in [6.45, 7) is 39.0. The van der Waals surface area contributed by atoms with Crippen molar-refractivity contribution < 1.29 is 23.7 Å². The molecule has 6 saturated carbocycles. The molecule has 2 heterocycles. The summed E-state index contributed by atoms with van der Waals surface area (Å²) >= 11 is 0. The van der Waals surface area contributed by atoms with Crippen molar-refractivity contribution in [3.8, 4) is 0 Å². The van der Waals surface area contributed by atoms with Gasteiger partial charge in [0.1, 0.15) is 0 Å². The summed E-state index contributed by atoms with van der Waals surface area (Å²) in [6.07, 6.45) is 41.2. The van der Waals surface area contributed by atoms with Crippen molar-refractivity contribution in [2.45, 2.75) is 344 Å². The Kier molecular flexibility index (Phi) is 51.9. The fraction of sp³-hybridized carbons (Fsp3) is 1.00. The lowest BCUT2D eigenvalue weighted by Crippen LogP contribution is -2.46. The van der Waals surface area contributed by atoms with Gasteiger partial charge in [-0.15, -0.1) is 0 Å². The highest BCUT2D eigenvalue weighted by Gasteiger charge is 2.44. The number of likely N-dealkylation sites (tertiary alicyclic amines) is 2. The molecule has 0 aromatic rings. The highest BCUT2D eigenvalue weighted by molar-refractivity contribution is 4.94. The second-order valence-corrected chi connectivity index (χ2v) is 32.3. The van der Waals surface area contributed by atoms with Crippen molar-refractivity contribution in [1.82, 2.24) is 29.4 Å². The standard InChI is InChI=1S/C13H25N.C11H22O.2C9H18O.C8H16O.C7H15NO.C7H17N.C5H11N.C5H13N.C3H9N/c1-14(12-8-4-2-5-9-12)13-10-6-3-7-11-13;1-10(2)7-6-8-11(3,4)9(10)12-5;1-9(2)7-5-4-6-8(9)10-3;1-7-5-4-6-8(2)9(7)10-3;1-7-5-3-4-6-8(7)9-2;1-8-5-3-7(9-2)4-6-8;1-6(2)8(5)7(3)4;1-6-4-2-3-5-6;1-5(2)6(3)4;1-4(2)3/h12-13H,2-11H2,1H3;9H,6-8H2,1-5H3;8H,4-7H2,1-3H3;7-9H,4-6H2,1-3H3;7-8H,3-6H2,1-2H3;7H,3-6H2,1-2H3;6-7H,1-5H3;2-5H2,1H3;5H,1-4H3;1-3H3. The van der Waals surface area contributed by atoms with E-state index < -0.39 is 0 Å². The number of piperidine rings is 1. The van der Waals surface area contributed by atoms with Crippen LogP contribution in [0, 0.1) is 34.0 Å². The highest BCUT2D eigenvalue weighted by Crippen LogP contribution is 2.47. The van der Waals surface area contributed by atoms with Gasteiger partial charge in [-0.05, 0) is 255 Å². The molecule has 0 aromatic heterocycles. The van der Waals surface area contributed by atoms with E-state index in [1.165, 1.54) is 206 Å². The van der Waals surface area contributed by atoms with Crippen LogP contribution in [0.3, 0.4) is 0 Å². The summed E-state index contributed by atoms with van der Waals surface area (Å²) in [5.41, 5.74) is 1.14. The fourth-order valence-electron chi connectivity index (χ4n) is 14.6. The van der Waals surface area contributed by atoms with Gasteiger partial charge in [-0.25, -0.2) is 0 Å². The number of rotatable bonds is 10. The van der Waals surface area contributed by atoms with Crippen molar-refractivity contribution >= 4 is 0 Å². The van der Waals surface area contributed by atoms with Gasteiger partial charge < -0.3 is 53.1 Å². The van der Waals surface area contributed by atoms with Crippen LogP contribution in [-0.4, -0.2) is 215 Å². The van der Waals surface area contributed by atoms with Crippen molar-refractivity contribution in [3.05, 3.63) is 0 Å². The van der Waals surface area contributed by atoms with E-state index in [4.69, 9.17) is 23.7 Å². The first-order chi connectivity index (χ1) is 41.2. The number of hydrogen-bond donors (Lipinski definition) is 0. The topological polar surface area (TPSA) is 65.6 Å². The first-order valence-corrected chi connectivity index (χ1v) is 36.9. The van der Waals surface area contributed by atoms with Crippen LogP contribution in [0.5, 0.6) is 0 Å². The van der Waals surface area contributed by atoms with Crippen LogP contribution in [0.25, 0.3) is 0 Å². The van der Waals surface area contributed by atoms with Gasteiger partial charge in [0.25, 0.3) is 0 Å². The molecule has 532 valence electrons. The summed E-state index contributed by atoms with van der Waals surface area (Å²) in [5, 5.41) is 0. The molecule has 2 aliphatic heterocycles. The van der Waals surface area contributed by atoms with E-state index in [0.29, 0.717) is 64.9 Å². The Morgan fingerprint density at radius 3 is 1.03 bits per heavy atom. The molecular weight excluding hydrogens is 1090 g/mol. The van der Waals surface area contributed by atoms with Crippen molar-refractivity contribution in [2.75, 3.05) is 125 Å². The maximum absolute atomic E-state index is 5.62. The lowest BCUT2D eigenvalue weighted by atomic mass is 9.63. The smallest absolute Gasteiger partial charge is 0.0673 e. The van der Waals surface area contributed by atoms with E-state index in [0.717, 1.165) is 29.8 Å². The normalized spacial score (nSPS) is 26.9. The third-order valence-corrected chi connectivity index (χ3v) is 21.3. The largest absolute Gasteiger partial charge is 0.381 e. The summed E-state index contributed by atoms with van der Waals surface area (Å²) in [7, 11) is 28.2. The first kappa shape index (κ1) is 89.6. The number of nitrogens with zero attached hydrogens (tertiary/aromatic N) is 6. The van der Waals surface area contributed by atoms with Crippen LogP contribution in [-0.2, 0) is 23.7 Å². The van der Waals surface area contributed by atoms with Crippen LogP contribution >= 0.6 is 0 Å². The molecule has 6 aliphatic carbocycles. The van der Waals surface area contributed by atoms with E-state index in [2.05, 4.69) is 171 Å². The van der Waals surface area contributed by atoms with Gasteiger partial charge in [0, 0.05) is 78.8 Å². The zero-order valence-electron chi connectivity index (χ0n) is 65.4. The van der Waals surface area contributed by atoms with Gasteiger partial charge >= 0.3 is 0 Å². The van der Waals surface area contributed by atoms with Gasteiger partial charge in [0.2, 0.25) is 0 Å². The zero-order valence-corrected chi connectivity index (χ0v) is 65.4. The molecule has 5 atom stereocenters. The summed E-state index contributed by atoms with van der Waals surface area (Å²) < 4.78 is 27.0. The van der Waals surface area contributed by atoms with E-state index in [1.54, 1.807) is 7.11 Å². The monoisotopic (exact) mass is 1250 g/mol. The third-order valence-electron chi connectivity index (χ3n) is 21.3. The molecule has 5 unspecified atom stereocenters. The lowest BCUT2D eigenvalue weighted by molar-refractivity contribution is -0.100. The van der Waals surface area contributed by atoms with Crippen LogP contribution in [0.1, 0.15) is 284 Å². The van der Waals surface area contributed by atoms with Crippen LogP contribution < -0.4 is 0 Å². The summed E-state index contributed by atoms with van der Waals surface area (Å²) in [4.78, 5) is 13.9. The van der Waals surface area contributed by atoms with Crippen LogP contribution in [0.2, 0.25) is 0 Å². The van der Waals surface area contributed by atoms with E-state index in [-0.39, 0.29) is 0 Å². The predicted molar refractivity (Wildman–Crippen MR) is 389 cm³/mol. The van der Waals surface area contributed by atoms with E-state index in [9.17, 15) is 0 Å². The maximum atomic E-state index is 5.62. The Bertz CT molecular complexity index is 1470. The minimum absolute atomic E-state index is 0.358. The predicted octanol–water partition coefficient (Wildman–Crippen LogP) is 18.4. The molecule has 8 rings (SSSR count). The SMILES string of the molecule is CC(C)N(C)C.CC(C)N(C)C(C)C.CN(C)C.CN(C1CCCCC1)C1CCCCC1.CN1CCCC1.COC1C(C)(C)CCCC1(C)C.COC1C(C)CCCC1C.COC1CCCCC1(C)C.COC1CCCCC1C.COC1CCN(C)CC1. The Morgan fingerprint density at radius 1 is 0.375 bits per heavy atom. The van der Waals surface area contributed by atoms with Gasteiger partial charge in [0.15, 0.2) is 0 Å². The molecule has 2 saturated heterocycles. The van der Waals surface area contributed by atoms with Crippen LogP contribution in [0.4, 0.5) is 0 Å². The molecule has 88 heavy (non-hydrogen) atoms. The number of methoxy groups -OCH3 is 5. The van der Waals surface area contributed by atoms with Crippen molar-refractivity contribution in [1.29, 1.82) is 0 Å². The molecule has 0 N–H and O–H groups in total. The minimum Gasteiger partial charge on any atom is -0.381 e. The maximum Gasteiger partial charge on any atom is 0.0673 e. The first-order valence-electron chi connectivity index (χ1n) is 36.9. The van der Waals surface area contributed by atoms with E-state index in [1.807, 2.05) is 54.5 Å². The van der Waals surface area contributed by atoms with Gasteiger partial charge in [-0.2, -0.15) is 0 Å². The third kappa shape index (κ3) is 41.4. The second-order valence-electron chi connectivity index (χ2n) is 32.3. The molecule has 0 amide bonds. The second kappa shape index (κ2) is 50.9. The zero-order chi connectivity index (χ0) is 67.6. The van der Waals surface area contributed by atoms with Crippen LogP contribution in [0.15, 0.2) is 0 Å². The molecule has 0 bridgehead atoms. The molecular formula is C77H164N6O5. The lowest BCUT2D eigenvalue weighted by Gasteiger charge is -2.48.